The van der Waals surface area contributed by atoms with E-state index >= 15 is 0 Å². The van der Waals surface area contributed by atoms with Gasteiger partial charge in [-0.2, -0.15) is 0 Å². The lowest BCUT2D eigenvalue weighted by Gasteiger charge is -2.13. The van der Waals surface area contributed by atoms with E-state index in [9.17, 15) is 0 Å². The van der Waals surface area contributed by atoms with Crippen LogP contribution in [0.2, 0.25) is 0 Å². The Hall–Kier alpha value is -6.84. The van der Waals surface area contributed by atoms with Gasteiger partial charge < -0.3 is 13.6 Å². The number of fused-ring (bicyclic) bond motifs is 9. The summed E-state index contributed by atoms with van der Waals surface area (Å²) >= 11 is 0. The van der Waals surface area contributed by atoms with Crippen LogP contribution in [0.3, 0.4) is 0 Å². The molecular weight excluding hydrogens is 621 g/mol. The van der Waals surface area contributed by atoms with Crippen LogP contribution in [0.4, 0.5) is 0 Å². The highest BCUT2D eigenvalue weighted by molar-refractivity contribution is 6.18. The topological polar surface area (TPSA) is 23.0 Å². The van der Waals surface area contributed by atoms with Crippen molar-refractivity contribution in [2.75, 3.05) is 0 Å². The molecule has 3 heterocycles. The molecule has 0 aliphatic rings. The quantitative estimate of drug-likeness (QED) is 0.186. The van der Waals surface area contributed by atoms with Crippen molar-refractivity contribution in [1.82, 2.24) is 9.13 Å². The lowest BCUT2D eigenvalue weighted by atomic mass is 9.99. The van der Waals surface area contributed by atoms with Crippen LogP contribution in [-0.4, -0.2) is 9.13 Å². The Labute approximate surface area is 293 Å². The van der Waals surface area contributed by atoms with Crippen molar-refractivity contribution in [1.29, 1.82) is 0 Å². The second-order valence-electron chi connectivity index (χ2n) is 13.3. The summed E-state index contributed by atoms with van der Waals surface area (Å²) in [7, 11) is 0. The summed E-state index contributed by atoms with van der Waals surface area (Å²) in [5.74, 6) is 0. The van der Waals surface area contributed by atoms with Crippen molar-refractivity contribution < 1.29 is 4.42 Å². The minimum absolute atomic E-state index is 0.905. The van der Waals surface area contributed by atoms with Gasteiger partial charge in [0.1, 0.15) is 11.2 Å². The molecule has 0 amide bonds. The molecule has 0 aliphatic heterocycles. The van der Waals surface area contributed by atoms with Gasteiger partial charge in [-0.25, -0.2) is 0 Å². The van der Waals surface area contributed by atoms with Crippen LogP contribution in [-0.2, 0) is 0 Å². The third kappa shape index (κ3) is 4.12. The molecule has 0 atom stereocenters. The minimum Gasteiger partial charge on any atom is -0.455 e. The molecule has 11 rings (SSSR count). The van der Waals surface area contributed by atoms with Gasteiger partial charge in [-0.1, -0.05) is 127 Å². The van der Waals surface area contributed by atoms with Gasteiger partial charge in [0.25, 0.3) is 0 Å². The van der Waals surface area contributed by atoms with Crippen LogP contribution in [0.25, 0.3) is 99.2 Å². The van der Waals surface area contributed by atoms with Crippen LogP contribution < -0.4 is 0 Å². The van der Waals surface area contributed by atoms with Gasteiger partial charge in [-0.15, -0.1) is 0 Å². The molecule has 0 aliphatic carbocycles. The zero-order chi connectivity index (χ0) is 33.5. The average molecular weight is 651 g/mol. The molecule has 0 saturated carbocycles. The molecule has 0 bridgehead atoms. The van der Waals surface area contributed by atoms with Crippen LogP contribution in [0, 0.1) is 0 Å². The number of para-hydroxylation sites is 5. The van der Waals surface area contributed by atoms with Crippen LogP contribution in [0.15, 0.2) is 186 Å². The fourth-order valence-corrected chi connectivity index (χ4v) is 8.28. The Kier molecular flexibility index (Phi) is 5.96. The van der Waals surface area contributed by atoms with Crippen molar-refractivity contribution in [2.24, 2.45) is 0 Å². The first-order valence-corrected chi connectivity index (χ1v) is 17.4. The number of furan rings is 1. The summed E-state index contributed by atoms with van der Waals surface area (Å²) in [6.07, 6.45) is 0. The monoisotopic (exact) mass is 650 g/mol. The van der Waals surface area contributed by atoms with Gasteiger partial charge in [0.2, 0.25) is 0 Å². The second-order valence-corrected chi connectivity index (χ2v) is 13.3. The average Bonchev–Trinajstić information content (AvgIpc) is 3.86. The number of nitrogens with zero attached hydrogens (tertiary/aromatic N) is 2. The fraction of sp³-hybridized carbons (Fsp3) is 0. The van der Waals surface area contributed by atoms with Gasteiger partial charge in [0.15, 0.2) is 0 Å². The third-order valence-corrected chi connectivity index (χ3v) is 10.5. The Morgan fingerprint density at radius 3 is 1.80 bits per heavy atom. The van der Waals surface area contributed by atoms with Gasteiger partial charge in [-0.3, -0.25) is 0 Å². The third-order valence-electron chi connectivity index (χ3n) is 10.5. The first-order chi connectivity index (χ1) is 25.3. The van der Waals surface area contributed by atoms with Crippen molar-refractivity contribution in [3.05, 3.63) is 182 Å². The molecule has 8 aromatic carbocycles. The van der Waals surface area contributed by atoms with E-state index in [1.165, 1.54) is 54.7 Å². The van der Waals surface area contributed by atoms with Gasteiger partial charge >= 0.3 is 0 Å². The van der Waals surface area contributed by atoms with Gasteiger partial charge in [0.05, 0.1) is 22.1 Å². The number of hydrogen-bond acceptors (Lipinski definition) is 1. The lowest BCUT2D eigenvalue weighted by Crippen LogP contribution is -1.97. The molecule has 3 aromatic heterocycles. The van der Waals surface area contributed by atoms with E-state index in [-0.39, 0.29) is 0 Å². The summed E-state index contributed by atoms with van der Waals surface area (Å²) in [5, 5.41) is 7.15. The molecular formula is C48H30N2O. The zero-order valence-electron chi connectivity index (χ0n) is 27.6. The molecule has 0 radical (unpaired) electrons. The molecule has 238 valence electrons. The number of benzene rings is 8. The van der Waals surface area contributed by atoms with Crippen LogP contribution >= 0.6 is 0 Å². The summed E-state index contributed by atoms with van der Waals surface area (Å²) in [5.41, 5.74) is 13.5. The predicted octanol–water partition coefficient (Wildman–Crippen LogP) is 13.1. The Morgan fingerprint density at radius 1 is 0.333 bits per heavy atom. The minimum atomic E-state index is 0.905. The van der Waals surface area contributed by atoms with Crippen LogP contribution in [0.1, 0.15) is 0 Å². The second kappa shape index (κ2) is 10.8. The Morgan fingerprint density at radius 2 is 0.961 bits per heavy atom. The van der Waals surface area contributed by atoms with E-state index in [0.717, 1.165) is 44.4 Å². The van der Waals surface area contributed by atoms with E-state index in [4.69, 9.17) is 4.42 Å². The maximum absolute atomic E-state index is 6.59. The SMILES string of the molecule is c1ccc(-c2ccc3c(c2)c2cc(-n4c5ccccc5c5cccc(-c6cccc7c6oc6ccccc67)c54)ccc2n3-c2ccccc2)cc1. The van der Waals surface area contributed by atoms with Crippen molar-refractivity contribution in [2.45, 2.75) is 0 Å². The highest BCUT2D eigenvalue weighted by atomic mass is 16.3. The van der Waals surface area contributed by atoms with E-state index in [2.05, 4.69) is 185 Å². The molecule has 0 saturated heterocycles. The molecule has 0 unspecified atom stereocenters. The first kappa shape index (κ1) is 28.0. The highest BCUT2D eigenvalue weighted by Crippen LogP contribution is 2.43. The molecule has 3 heteroatoms. The Balaban J connectivity index is 1.23. The molecule has 0 fully saturated rings. The Bertz CT molecular complexity index is 3130. The summed E-state index contributed by atoms with van der Waals surface area (Å²) in [6.45, 7) is 0. The molecule has 0 spiro atoms. The van der Waals surface area contributed by atoms with Gasteiger partial charge in [0, 0.05) is 54.8 Å². The van der Waals surface area contributed by atoms with Gasteiger partial charge in [-0.05, 0) is 65.7 Å². The largest absolute Gasteiger partial charge is 0.455 e. The van der Waals surface area contributed by atoms with E-state index < -0.39 is 0 Å². The van der Waals surface area contributed by atoms with E-state index in [0.29, 0.717) is 0 Å². The molecule has 0 N–H and O–H groups in total. The standard InChI is InChI=1S/C48H30N2O/c1-3-13-31(14-4-1)32-25-27-44-41(29-32)42-30-34(26-28-45(42)49(44)33-15-5-2-6-16-33)50-43-23-9-7-17-35(43)37-19-11-20-38(47(37)50)40-22-12-21-39-36-18-8-10-24-46(36)51-48(39)40/h1-30H. The molecule has 11 aromatic rings. The normalized spacial score (nSPS) is 11.9. The molecule has 3 nitrogen and oxygen atoms in total. The number of hydrogen-bond donors (Lipinski definition) is 0. The van der Waals surface area contributed by atoms with E-state index in [1.807, 2.05) is 6.07 Å². The van der Waals surface area contributed by atoms with Crippen molar-refractivity contribution in [3.63, 3.8) is 0 Å². The maximum Gasteiger partial charge on any atom is 0.143 e. The lowest BCUT2D eigenvalue weighted by molar-refractivity contribution is 0.670. The van der Waals surface area contributed by atoms with Crippen LogP contribution in [0.5, 0.6) is 0 Å². The first-order valence-electron chi connectivity index (χ1n) is 17.4. The fourth-order valence-electron chi connectivity index (χ4n) is 8.28. The maximum atomic E-state index is 6.59. The summed E-state index contributed by atoms with van der Waals surface area (Å²) < 4.78 is 11.4. The summed E-state index contributed by atoms with van der Waals surface area (Å²) in [4.78, 5) is 0. The number of rotatable bonds is 4. The predicted molar refractivity (Wildman–Crippen MR) is 213 cm³/mol. The molecule has 51 heavy (non-hydrogen) atoms. The van der Waals surface area contributed by atoms with Crippen molar-refractivity contribution >= 4 is 65.6 Å². The van der Waals surface area contributed by atoms with E-state index in [1.54, 1.807) is 0 Å². The zero-order valence-corrected chi connectivity index (χ0v) is 27.6. The number of aromatic nitrogens is 2. The van der Waals surface area contributed by atoms with Crippen molar-refractivity contribution in [3.8, 4) is 33.6 Å². The summed E-state index contributed by atoms with van der Waals surface area (Å²) in [6, 6.07) is 65.5. The smallest absolute Gasteiger partial charge is 0.143 e. The highest BCUT2D eigenvalue weighted by Gasteiger charge is 2.21.